The number of carbonyl (C=O) groups is 2. The maximum absolute atomic E-state index is 13.4. The number of nitrogens with zero attached hydrogens (tertiary/aromatic N) is 4. The zero-order valence-electron chi connectivity index (χ0n) is 16.3. The summed E-state index contributed by atoms with van der Waals surface area (Å²) in [4.78, 5) is 30.1. The molecule has 1 atom stereocenters. The summed E-state index contributed by atoms with van der Waals surface area (Å²) in [5.41, 5.74) is 1.58. The number of carbonyl (C=O) groups excluding carboxylic acids is 2. The first kappa shape index (κ1) is 18.7. The molecule has 2 fully saturated rings. The van der Waals surface area contributed by atoms with Crippen molar-refractivity contribution in [1.82, 2.24) is 14.7 Å². The molecule has 2 aliphatic rings. The Hall–Kier alpha value is -2.70. The fourth-order valence-corrected chi connectivity index (χ4v) is 4.50. The van der Waals surface area contributed by atoms with Crippen molar-refractivity contribution < 1.29 is 14.0 Å². The van der Waals surface area contributed by atoms with Gasteiger partial charge in [0.05, 0.1) is 17.2 Å². The van der Waals surface area contributed by atoms with Crippen LogP contribution >= 0.6 is 0 Å². The van der Waals surface area contributed by atoms with Crippen LogP contribution in [-0.2, 0) is 11.8 Å². The van der Waals surface area contributed by atoms with E-state index in [-0.39, 0.29) is 17.6 Å². The van der Waals surface area contributed by atoms with Gasteiger partial charge in [0.15, 0.2) is 0 Å². The standard InChI is InChI=1S/C21H25FN4O2/c1-15-18(13-23-24(15)2)19(27)25-11-3-9-21(14-25)10-4-12-26(20(21)28)17-7-5-16(22)6-8-17/h5-8,13H,3-4,9-12,14H2,1-2H3. The normalized spacial score (nSPS) is 22.8. The number of likely N-dealkylation sites (tertiary alicyclic amines) is 1. The van der Waals surface area contributed by atoms with Crippen molar-refractivity contribution in [3.05, 3.63) is 47.5 Å². The van der Waals surface area contributed by atoms with Gasteiger partial charge in [0, 0.05) is 38.1 Å². The van der Waals surface area contributed by atoms with E-state index in [1.54, 1.807) is 32.8 Å². The lowest BCUT2D eigenvalue weighted by Crippen LogP contribution is -2.57. The minimum atomic E-state index is -0.559. The first-order valence-corrected chi connectivity index (χ1v) is 9.77. The lowest BCUT2D eigenvalue weighted by atomic mass is 9.72. The quantitative estimate of drug-likeness (QED) is 0.800. The van der Waals surface area contributed by atoms with Crippen molar-refractivity contribution in [2.24, 2.45) is 12.5 Å². The van der Waals surface area contributed by atoms with Gasteiger partial charge >= 0.3 is 0 Å². The summed E-state index contributed by atoms with van der Waals surface area (Å²) in [6.07, 6.45) is 4.83. The molecule has 7 heteroatoms. The Bertz CT molecular complexity index is 904. The van der Waals surface area contributed by atoms with Gasteiger partial charge in [0.2, 0.25) is 5.91 Å². The predicted octanol–water partition coefficient (Wildman–Crippen LogP) is 2.92. The van der Waals surface area contributed by atoms with Crippen molar-refractivity contribution in [2.45, 2.75) is 32.6 Å². The highest BCUT2D eigenvalue weighted by atomic mass is 19.1. The number of aromatic nitrogens is 2. The Morgan fingerprint density at radius 2 is 1.82 bits per heavy atom. The highest BCUT2D eigenvalue weighted by molar-refractivity contribution is 6.00. The van der Waals surface area contributed by atoms with Gasteiger partial charge in [-0.15, -0.1) is 0 Å². The Kier molecular flexibility index (Phi) is 4.69. The first-order chi connectivity index (χ1) is 13.4. The smallest absolute Gasteiger partial charge is 0.257 e. The molecule has 4 rings (SSSR count). The summed E-state index contributed by atoms with van der Waals surface area (Å²) in [6, 6.07) is 6.06. The third-order valence-electron chi connectivity index (χ3n) is 6.20. The zero-order valence-corrected chi connectivity index (χ0v) is 16.3. The molecule has 1 aromatic heterocycles. The molecule has 1 spiro atoms. The van der Waals surface area contributed by atoms with Gasteiger partial charge in [-0.25, -0.2) is 4.39 Å². The van der Waals surface area contributed by atoms with Crippen LogP contribution in [0.2, 0.25) is 0 Å². The minimum absolute atomic E-state index is 0.0470. The molecule has 2 aromatic rings. The topological polar surface area (TPSA) is 58.4 Å². The van der Waals surface area contributed by atoms with E-state index in [4.69, 9.17) is 0 Å². The molecule has 0 aliphatic carbocycles. The Labute approximate surface area is 163 Å². The molecule has 0 bridgehead atoms. The number of piperidine rings is 2. The number of aryl methyl sites for hydroxylation is 1. The van der Waals surface area contributed by atoms with Gasteiger partial charge < -0.3 is 9.80 Å². The average Bonchev–Trinajstić information content (AvgIpc) is 3.03. The molecule has 2 amide bonds. The molecule has 2 saturated heterocycles. The molecule has 1 aromatic carbocycles. The second kappa shape index (κ2) is 7.04. The summed E-state index contributed by atoms with van der Waals surface area (Å²) in [7, 11) is 1.81. The van der Waals surface area contributed by atoms with Crippen LogP contribution < -0.4 is 4.90 Å². The van der Waals surface area contributed by atoms with Crippen LogP contribution in [0.1, 0.15) is 41.7 Å². The van der Waals surface area contributed by atoms with E-state index >= 15 is 0 Å². The zero-order chi connectivity index (χ0) is 19.9. The van der Waals surface area contributed by atoms with Crippen LogP contribution in [0.25, 0.3) is 0 Å². The maximum atomic E-state index is 13.4. The molecule has 3 heterocycles. The van der Waals surface area contributed by atoms with E-state index in [2.05, 4.69) is 5.10 Å². The van der Waals surface area contributed by atoms with Gasteiger partial charge in [-0.05, 0) is 56.9 Å². The summed E-state index contributed by atoms with van der Waals surface area (Å²) in [5, 5.41) is 4.17. The number of anilines is 1. The third-order valence-corrected chi connectivity index (χ3v) is 6.20. The molecule has 0 radical (unpaired) electrons. The number of hydrogen-bond donors (Lipinski definition) is 0. The van der Waals surface area contributed by atoms with Gasteiger partial charge in [0.25, 0.3) is 5.91 Å². The minimum Gasteiger partial charge on any atom is -0.337 e. The van der Waals surface area contributed by atoms with Crippen LogP contribution in [-0.4, -0.2) is 46.1 Å². The summed E-state index contributed by atoms with van der Waals surface area (Å²) >= 11 is 0. The van der Waals surface area contributed by atoms with Crippen LogP contribution in [0.15, 0.2) is 30.5 Å². The Balaban J connectivity index is 1.58. The van der Waals surface area contributed by atoms with Gasteiger partial charge in [0.1, 0.15) is 5.82 Å². The second-order valence-corrected chi connectivity index (χ2v) is 7.91. The number of hydrogen-bond acceptors (Lipinski definition) is 3. The lowest BCUT2D eigenvalue weighted by molar-refractivity contribution is -0.133. The van der Waals surface area contributed by atoms with Crippen molar-refractivity contribution in [2.75, 3.05) is 24.5 Å². The summed E-state index contributed by atoms with van der Waals surface area (Å²) in [6.45, 7) is 3.58. The fraction of sp³-hybridized carbons (Fsp3) is 0.476. The lowest BCUT2D eigenvalue weighted by Gasteiger charge is -2.47. The maximum Gasteiger partial charge on any atom is 0.257 e. The second-order valence-electron chi connectivity index (χ2n) is 7.91. The van der Waals surface area contributed by atoms with Crippen molar-refractivity contribution in [3.8, 4) is 0 Å². The van der Waals surface area contributed by atoms with E-state index < -0.39 is 5.41 Å². The van der Waals surface area contributed by atoms with Crippen molar-refractivity contribution in [3.63, 3.8) is 0 Å². The molecule has 28 heavy (non-hydrogen) atoms. The SMILES string of the molecule is Cc1c(C(=O)N2CCCC3(CCCN(c4ccc(F)cc4)C3=O)C2)cnn1C. The average molecular weight is 384 g/mol. The van der Waals surface area contributed by atoms with Crippen molar-refractivity contribution in [1.29, 1.82) is 0 Å². The van der Waals surface area contributed by atoms with E-state index in [0.29, 0.717) is 25.2 Å². The number of rotatable bonds is 2. The van der Waals surface area contributed by atoms with Gasteiger partial charge in [-0.1, -0.05) is 0 Å². The highest BCUT2D eigenvalue weighted by Crippen LogP contribution is 2.41. The van der Waals surface area contributed by atoms with Gasteiger partial charge in [-0.3, -0.25) is 14.3 Å². The van der Waals surface area contributed by atoms with Crippen LogP contribution in [0.3, 0.4) is 0 Å². The van der Waals surface area contributed by atoms with E-state index in [1.807, 2.05) is 14.0 Å². The molecule has 1 unspecified atom stereocenters. The largest absolute Gasteiger partial charge is 0.337 e. The molecular formula is C21H25FN4O2. The van der Waals surface area contributed by atoms with E-state index in [9.17, 15) is 14.0 Å². The molecular weight excluding hydrogens is 359 g/mol. The predicted molar refractivity (Wildman–Crippen MR) is 104 cm³/mol. The molecule has 148 valence electrons. The summed E-state index contributed by atoms with van der Waals surface area (Å²) < 4.78 is 15.0. The Morgan fingerprint density at radius 3 is 2.46 bits per heavy atom. The first-order valence-electron chi connectivity index (χ1n) is 9.77. The van der Waals surface area contributed by atoms with Crippen molar-refractivity contribution >= 4 is 17.5 Å². The van der Waals surface area contributed by atoms with Crippen LogP contribution in [0, 0.1) is 18.2 Å². The number of benzene rings is 1. The van der Waals surface area contributed by atoms with E-state index in [0.717, 1.165) is 37.1 Å². The monoisotopic (exact) mass is 384 g/mol. The van der Waals surface area contributed by atoms with Crippen LogP contribution in [0.5, 0.6) is 0 Å². The Morgan fingerprint density at radius 1 is 1.14 bits per heavy atom. The number of halogens is 1. The number of amides is 2. The highest BCUT2D eigenvalue weighted by Gasteiger charge is 2.47. The molecule has 0 saturated carbocycles. The summed E-state index contributed by atoms with van der Waals surface area (Å²) in [5.74, 6) is -0.327. The van der Waals surface area contributed by atoms with Crippen LogP contribution in [0.4, 0.5) is 10.1 Å². The molecule has 6 nitrogen and oxygen atoms in total. The fourth-order valence-electron chi connectivity index (χ4n) is 4.50. The van der Waals surface area contributed by atoms with E-state index in [1.165, 1.54) is 12.1 Å². The van der Waals surface area contributed by atoms with Gasteiger partial charge in [-0.2, -0.15) is 5.10 Å². The molecule has 0 N–H and O–H groups in total. The molecule has 2 aliphatic heterocycles. The third kappa shape index (κ3) is 3.08.